The summed E-state index contributed by atoms with van der Waals surface area (Å²) in [6.45, 7) is 2.18. The molecule has 4 heteroatoms. The van der Waals surface area contributed by atoms with Crippen LogP contribution in [0.5, 0.6) is 5.75 Å². The molecule has 0 unspecified atom stereocenters. The summed E-state index contributed by atoms with van der Waals surface area (Å²) >= 11 is 0. The minimum atomic E-state index is -0.427. The topological polar surface area (TPSA) is 38.3 Å². The molecular weight excluding hydrogens is 257 g/mol. The average Bonchev–Trinajstić information content (AvgIpc) is 2.41. The van der Waals surface area contributed by atoms with Crippen molar-refractivity contribution in [2.75, 3.05) is 7.11 Å². The van der Waals surface area contributed by atoms with Gasteiger partial charge >= 0.3 is 0 Å². The van der Waals surface area contributed by atoms with Gasteiger partial charge in [-0.25, -0.2) is 4.39 Å². The van der Waals surface area contributed by atoms with Crippen LogP contribution in [0, 0.1) is 11.7 Å². The molecule has 1 aliphatic rings. The minimum Gasteiger partial charge on any atom is -0.494 e. The van der Waals surface area contributed by atoms with E-state index in [0.717, 1.165) is 6.42 Å². The number of carbonyl (C=O) groups is 1. The lowest BCUT2D eigenvalue weighted by atomic mass is 9.86. The largest absolute Gasteiger partial charge is 0.494 e. The lowest BCUT2D eigenvalue weighted by molar-refractivity contribution is -0.121. The highest BCUT2D eigenvalue weighted by Gasteiger charge is 2.22. The number of hydrogen-bond acceptors (Lipinski definition) is 2. The van der Waals surface area contributed by atoms with Crippen LogP contribution in [0.4, 0.5) is 4.39 Å². The monoisotopic (exact) mass is 279 g/mol. The fourth-order valence-electron chi connectivity index (χ4n) is 2.79. The van der Waals surface area contributed by atoms with E-state index in [2.05, 4.69) is 12.2 Å². The van der Waals surface area contributed by atoms with Gasteiger partial charge in [-0.2, -0.15) is 0 Å². The number of carbonyl (C=O) groups excluding carboxylic acids is 1. The molecule has 1 aromatic carbocycles. The van der Waals surface area contributed by atoms with Crippen molar-refractivity contribution in [1.82, 2.24) is 5.32 Å². The molecule has 1 N–H and O–H groups in total. The second-order valence-electron chi connectivity index (χ2n) is 5.58. The van der Waals surface area contributed by atoms with Crippen LogP contribution in [0.15, 0.2) is 18.2 Å². The van der Waals surface area contributed by atoms with Gasteiger partial charge in [-0.3, -0.25) is 4.79 Å². The molecule has 3 nitrogen and oxygen atoms in total. The maximum Gasteiger partial charge on any atom is 0.224 e. The van der Waals surface area contributed by atoms with Crippen LogP contribution >= 0.6 is 0 Å². The van der Waals surface area contributed by atoms with Gasteiger partial charge in [0.2, 0.25) is 5.91 Å². The zero-order valence-electron chi connectivity index (χ0n) is 12.1. The van der Waals surface area contributed by atoms with E-state index in [-0.39, 0.29) is 24.1 Å². The SMILES string of the molecule is COc1ccc(CC(=O)N[C@@H]2CCCC[C@@H]2C)cc1F. The minimum absolute atomic E-state index is 0.0340. The Morgan fingerprint density at radius 1 is 1.40 bits per heavy atom. The first-order valence-electron chi connectivity index (χ1n) is 7.22. The molecule has 1 saturated carbocycles. The molecule has 0 aromatic heterocycles. The second-order valence-corrected chi connectivity index (χ2v) is 5.58. The summed E-state index contributed by atoms with van der Waals surface area (Å²) in [7, 11) is 1.43. The number of ether oxygens (including phenoxy) is 1. The van der Waals surface area contributed by atoms with E-state index in [1.807, 2.05) is 0 Å². The highest BCUT2D eigenvalue weighted by molar-refractivity contribution is 5.78. The molecular formula is C16H22FNO2. The van der Waals surface area contributed by atoms with Gasteiger partial charge in [0.05, 0.1) is 13.5 Å². The first-order chi connectivity index (χ1) is 9.60. The summed E-state index contributed by atoms with van der Waals surface area (Å²) in [6.07, 6.45) is 4.85. The normalized spacial score (nSPS) is 22.4. The Kier molecular flexibility index (Phi) is 4.99. The lowest BCUT2D eigenvalue weighted by Crippen LogP contribution is -2.41. The molecule has 1 aromatic rings. The van der Waals surface area contributed by atoms with Crippen molar-refractivity contribution >= 4 is 5.91 Å². The molecule has 0 radical (unpaired) electrons. The smallest absolute Gasteiger partial charge is 0.224 e. The first kappa shape index (κ1) is 14.8. The summed E-state index contributed by atoms with van der Waals surface area (Å²) in [5.74, 6) is 0.271. The van der Waals surface area contributed by atoms with Gasteiger partial charge in [-0.15, -0.1) is 0 Å². The van der Waals surface area contributed by atoms with Crippen molar-refractivity contribution < 1.29 is 13.9 Å². The number of halogens is 1. The van der Waals surface area contributed by atoms with Gasteiger partial charge < -0.3 is 10.1 Å². The number of amides is 1. The van der Waals surface area contributed by atoms with Gasteiger partial charge in [-0.05, 0) is 36.5 Å². The number of hydrogen-bond donors (Lipinski definition) is 1. The van der Waals surface area contributed by atoms with Gasteiger partial charge in [0.25, 0.3) is 0 Å². The van der Waals surface area contributed by atoms with Crippen LogP contribution in [-0.2, 0) is 11.2 Å². The first-order valence-corrected chi connectivity index (χ1v) is 7.22. The molecule has 0 aliphatic heterocycles. The predicted octanol–water partition coefficient (Wildman–Crippen LogP) is 3.07. The Labute approximate surface area is 119 Å². The predicted molar refractivity (Wildman–Crippen MR) is 76.2 cm³/mol. The van der Waals surface area contributed by atoms with Gasteiger partial charge in [-0.1, -0.05) is 25.8 Å². The molecule has 0 spiro atoms. The van der Waals surface area contributed by atoms with Gasteiger partial charge in [0, 0.05) is 6.04 Å². The maximum absolute atomic E-state index is 13.6. The van der Waals surface area contributed by atoms with Crippen molar-refractivity contribution in [3.8, 4) is 5.75 Å². The number of nitrogens with one attached hydrogen (secondary N) is 1. The van der Waals surface area contributed by atoms with Gasteiger partial charge in [0.15, 0.2) is 11.6 Å². The number of benzene rings is 1. The summed E-state index contributed by atoms with van der Waals surface area (Å²) < 4.78 is 18.4. The molecule has 2 atom stereocenters. The third kappa shape index (κ3) is 3.71. The fraction of sp³-hybridized carbons (Fsp3) is 0.562. The average molecular weight is 279 g/mol. The zero-order valence-corrected chi connectivity index (χ0v) is 12.1. The summed E-state index contributed by atoms with van der Waals surface area (Å²) in [6, 6.07) is 4.91. The Balaban J connectivity index is 1.92. The molecule has 110 valence electrons. The van der Waals surface area contributed by atoms with Gasteiger partial charge in [0.1, 0.15) is 0 Å². The third-order valence-electron chi connectivity index (χ3n) is 4.04. The Bertz CT molecular complexity index is 476. The summed E-state index contributed by atoms with van der Waals surface area (Å²) in [4.78, 5) is 12.0. The molecule has 20 heavy (non-hydrogen) atoms. The van der Waals surface area contributed by atoms with E-state index in [1.54, 1.807) is 12.1 Å². The molecule has 1 fully saturated rings. The third-order valence-corrected chi connectivity index (χ3v) is 4.04. The van der Waals surface area contributed by atoms with Crippen LogP contribution in [0.2, 0.25) is 0 Å². The van der Waals surface area contributed by atoms with E-state index in [9.17, 15) is 9.18 Å². The van der Waals surface area contributed by atoms with Crippen molar-refractivity contribution in [1.29, 1.82) is 0 Å². The maximum atomic E-state index is 13.6. The van der Waals surface area contributed by atoms with E-state index in [4.69, 9.17) is 4.74 Å². The quantitative estimate of drug-likeness (QED) is 0.920. The van der Waals surface area contributed by atoms with Crippen molar-refractivity contribution in [3.63, 3.8) is 0 Å². The summed E-state index contributed by atoms with van der Waals surface area (Å²) in [5.41, 5.74) is 0.671. The zero-order chi connectivity index (χ0) is 14.5. The number of methoxy groups -OCH3 is 1. The Hall–Kier alpha value is -1.58. The highest BCUT2D eigenvalue weighted by atomic mass is 19.1. The molecule has 1 aliphatic carbocycles. The molecule has 2 rings (SSSR count). The standard InChI is InChI=1S/C16H22FNO2/c1-11-5-3-4-6-14(11)18-16(19)10-12-7-8-15(20-2)13(17)9-12/h7-9,11,14H,3-6,10H2,1-2H3,(H,18,19)/t11-,14+/m0/s1. The van der Waals surface area contributed by atoms with Crippen molar-refractivity contribution in [3.05, 3.63) is 29.6 Å². The van der Waals surface area contributed by atoms with Crippen molar-refractivity contribution in [2.24, 2.45) is 5.92 Å². The van der Waals surface area contributed by atoms with Crippen molar-refractivity contribution in [2.45, 2.75) is 45.1 Å². The van der Waals surface area contributed by atoms with E-state index >= 15 is 0 Å². The van der Waals surface area contributed by atoms with Crippen LogP contribution in [0.3, 0.4) is 0 Å². The Morgan fingerprint density at radius 2 is 2.15 bits per heavy atom. The Morgan fingerprint density at radius 3 is 2.80 bits per heavy atom. The molecule has 1 amide bonds. The van der Waals surface area contributed by atoms with Crippen LogP contribution in [-0.4, -0.2) is 19.1 Å². The number of rotatable bonds is 4. The molecule has 0 bridgehead atoms. The van der Waals surface area contributed by atoms with E-state index in [1.165, 1.54) is 32.4 Å². The fourth-order valence-corrected chi connectivity index (χ4v) is 2.79. The van der Waals surface area contributed by atoms with Crippen LogP contribution in [0.25, 0.3) is 0 Å². The van der Waals surface area contributed by atoms with Crippen LogP contribution < -0.4 is 10.1 Å². The summed E-state index contributed by atoms with van der Waals surface area (Å²) in [5, 5.41) is 3.07. The second kappa shape index (κ2) is 6.73. The lowest BCUT2D eigenvalue weighted by Gasteiger charge is -2.29. The molecule has 0 saturated heterocycles. The van der Waals surface area contributed by atoms with E-state index < -0.39 is 5.82 Å². The molecule has 0 heterocycles. The van der Waals surface area contributed by atoms with Crippen LogP contribution in [0.1, 0.15) is 38.2 Å². The highest BCUT2D eigenvalue weighted by Crippen LogP contribution is 2.24. The van der Waals surface area contributed by atoms with E-state index in [0.29, 0.717) is 11.5 Å².